The molecule has 190 valence electrons. The Morgan fingerprint density at radius 2 is 1.07 bits per heavy atom. The Morgan fingerprint density at radius 1 is 0.425 bits per heavy atom. The average Bonchev–Trinajstić information content (AvgIpc) is 3.56. The molecule has 8 aromatic rings. The van der Waals surface area contributed by atoms with Gasteiger partial charge in [-0.2, -0.15) is 0 Å². The Bertz CT molecular complexity index is 2180. The summed E-state index contributed by atoms with van der Waals surface area (Å²) in [6.45, 7) is 0. The van der Waals surface area contributed by atoms with Crippen molar-refractivity contribution in [3.8, 4) is 11.1 Å². The molecule has 4 heteroatoms. The highest BCUT2D eigenvalue weighted by atomic mass is 35.5. The van der Waals surface area contributed by atoms with Crippen molar-refractivity contribution in [2.75, 3.05) is 4.90 Å². The molecule has 0 saturated heterocycles. The molecule has 2 aromatic heterocycles. The summed E-state index contributed by atoms with van der Waals surface area (Å²) in [4.78, 5) is 2.37. The number of rotatable bonds is 4. The number of halogens is 1. The maximum atomic E-state index is 6.63. The molecule has 0 amide bonds. The highest BCUT2D eigenvalue weighted by Gasteiger charge is 2.17. The number of benzene rings is 6. The summed E-state index contributed by atoms with van der Waals surface area (Å²) in [7, 11) is 0. The molecule has 0 unspecified atom stereocenters. The summed E-state index contributed by atoms with van der Waals surface area (Å²) in [6, 6.07) is 47.9. The molecule has 6 aromatic carbocycles. The van der Waals surface area contributed by atoms with Crippen molar-refractivity contribution in [2.45, 2.75) is 0 Å². The van der Waals surface area contributed by atoms with Crippen LogP contribution in [-0.2, 0) is 0 Å². The number of nitrogens with zero attached hydrogens (tertiary/aromatic N) is 1. The lowest BCUT2D eigenvalue weighted by Gasteiger charge is -2.26. The van der Waals surface area contributed by atoms with Crippen LogP contribution in [0.25, 0.3) is 51.5 Å². The van der Waals surface area contributed by atoms with Crippen LogP contribution in [0.4, 0.5) is 17.1 Å². The average molecular weight is 568 g/mol. The molecule has 0 saturated carbocycles. The highest BCUT2D eigenvalue weighted by Crippen LogP contribution is 2.44. The molecule has 0 radical (unpaired) electrons. The summed E-state index contributed by atoms with van der Waals surface area (Å²) in [5.41, 5.74) is 5.81. The molecule has 0 N–H and O–H groups in total. The van der Waals surface area contributed by atoms with Gasteiger partial charge in [0, 0.05) is 62.4 Å². The van der Waals surface area contributed by atoms with Gasteiger partial charge in [0.2, 0.25) is 0 Å². The van der Waals surface area contributed by atoms with E-state index in [1.807, 2.05) is 23.5 Å². The first-order valence-corrected chi connectivity index (χ1v) is 15.2. The third-order valence-corrected chi connectivity index (χ3v) is 10.1. The molecule has 0 fully saturated rings. The van der Waals surface area contributed by atoms with Crippen LogP contribution >= 0.6 is 34.3 Å². The van der Waals surface area contributed by atoms with Gasteiger partial charge in [-0.3, -0.25) is 0 Å². The van der Waals surface area contributed by atoms with E-state index in [1.165, 1.54) is 46.1 Å². The standard InChI is InChI=1S/C36H22ClNS2/c37-31-10-6-12-34-36(31)29-19-17-27(22-35(29)40-34)38(25-15-13-24(14-16-25)23-7-2-1-3-8-23)26-18-20-33-30(21-26)28-9-4-5-11-32(28)39-33/h1-22H. The molecule has 0 bridgehead atoms. The van der Waals surface area contributed by atoms with Crippen LogP contribution < -0.4 is 4.90 Å². The van der Waals surface area contributed by atoms with E-state index in [4.69, 9.17) is 11.6 Å². The fourth-order valence-corrected chi connectivity index (χ4v) is 8.23. The molecular formula is C36H22ClNS2. The second-order valence-corrected chi connectivity index (χ2v) is 12.5. The van der Waals surface area contributed by atoms with Crippen LogP contribution in [-0.4, -0.2) is 0 Å². The molecule has 0 spiro atoms. The Morgan fingerprint density at radius 3 is 1.95 bits per heavy atom. The van der Waals surface area contributed by atoms with E-state index in [0.29, 0.717) is 0 Å². The van der Waals surface area contributed by atoms with Crippen molar-refractivity contribution in [1.29, 1.82) is 0 Å². The summed E-state index contributed by atoms with van der Waals surface area (Å²) in [5.74, 6) is 0. The van der Waals surface area contributed by atoms with Gasteiger partial charge in [-0.25, -0.2) is 0 Å². The lowest BCUT2D eigenvalue weighted by atomic mass is 10.0. The van der Waals surface area contributed by atoms with Crippen LogP contribution in [0.15, 0.2) is 133 Å². The number of anilines is 3. The minimum absolute atomic E-state index is 0.805. The summed E-state index contributed by atoms with van der Waals surface area (Å²) in [5, 5.41) is 5.74. The minimum atomic E-state index is 0.805. The second kappa shape index (κ2) is 9.50. The van der Waals surface area contributed by atoms with Gasteiger partial charge in [0.25, 0.3) is 0 Å². The lowest BCUT2D eigenvalue weighted by Crippen LogP contribution is -2.09. The molecule has 1 nitrogen and oxygen atoms in total. The predicted molar refractivity (Wildman–Crippen MR) is 177 cm³/mol. The van der Waals surface area contributed by atoms with Crippen LogP contribution in [0.1, 0.15) is 0 Å². The molecule has 0 aliphatic carbocycles. The van der Waals surface area contributed by atoms with E-state index in [0.717, 1.165) is 27.5 Å². The molecule has 8 rings (SSSR count). The van der Waals surface area contributed by atoms with Gasteiger partial charge < -0.3 is 4.90 Å². The van der Waals surface area contributed by atoms with Crippen LogP contribution in [0.3, 0.4) is 0 Å². The van der Waals surface area contributed by atoms with Crippen molar-refractivity contribution in [1.82, 2.24) is 0 Å². The topological polar surface area (TPSA) is 3.24 Å². The Balaban J connectivity index is 1.32. The van der Waals surface area contributed by atoms with Crippen molar-refractivity contribution in [2.24, 2.45) is 0 Å². The van der Waals surface area contributed by atoms with Gasteiger partial charge in [0.1, 0.15) is 0 Å². The zero-order valence-corrected chi connectivity index (χ0v) is 23.7. The smallest absolute Gasteiger partial charge is 0.0499 e. The fraction of sp³-hybridized carbons (Fsp3) is 0. The van der Waals surface area contributed by atoms with E-state index in [2.05, 4.69) is 126 Å². The number of hydrogen-bond donors (Lipinski definition) is 0. The van der Waals surface area contributed by atoms with E-state index < -0.39 is 0 Å². The van der Waals surface area contributed by atoms with Gasteiger partial charge in [0.05, 0.1) is 0 Å². The van der Waals surface area contributed by atoms with Crippen LogP contribution in [0.5, 0.6) is 0 Å². The van der Waals surface area contributed by atoms with E-state index in [1.54, 1.807) is 11.3 Å². The molecular weight excluding hydrogens is 546 g/mol. The van der Waals surface area contributed by atoms with Gasteiger partial charge >= 0.3 is 0 Å². The second-order valence-electron chi connectivity index (χ2n) is 9.92. The molecule has 0 aliphatic heterocycles. The quantitative estimate of drug-likeness (QED) is 0.204. The zero-order valence-electron chi connectivity index (χ0n) is 21.3. The summed E-state index contributed by atoms with van der Waals surface area (Å²) < 4.78 is 5.06. The third kappa shape index (κ3) is 3.89. The first kappa shape index (κ1) is 23.7. The van der Waals surface area contributed by atoms with E-state index >= 15 is 0 Å². The lowest BCUT2D eigenvalue weighted by molar-refractivity contribution is 1.30. The molecule has 0 aliphatic rings. The van der Waals surface area contributed by atoms with E-state index in [-0.39, 0.29) is 0 Å². The van der Waals surface area contributed by atoms with Gasteiger partial charge in [-0.15, -0.1) is 22.7 Å². The zero-order chi connectivity index (χ0) is 26.6. The minimum Gasteiger partial charge on any atom is -0.310 e. The first-order valence-electron chi connectivity index (χ1n) is 13.2. The Labute approximate surface area is 245 Å². The molecule has 2 heterocycles. The third-order valence-electron chi connectivity index (χ3n) is 7.54. The van der Waals surface area contributed by atoms with Crippen molar-refractivity contribution >= 4 is 91.7 Å². The monoisotopic (exact) mass is 567 g/mol. The number of hydrogen-bond acceptors (Lipinski definition) is 3. The van der Waals surface area contributed by atoms with Gasteiger partial charge in [0.15, 0.2) is 0 Å². The van der Waals surface area contributed by atoms with Gasteiger partial charge in [-0.1, -0.05) is 84.4 Å². The molecule has 0 atom stereocenters. The van der Waals surface area contributed by atoms with Crippen LogP contribution in [0, 0.1) is 0 Å². The van der Waals surface area contributed by atoms with Crippen LogP contribution in [0.2, 0.25) is 5.02 Å². The van der Waals surface area contributed by atoms with E-state index in [9.17, 15) is 0 Å². The summed E-state index contributed by atoms with van der Waals surface area (Å²) in [6.07, 6.45) is 0. The fourth-order valence-electron chi connectivity index (χ4n) is 5.64. The number of thiophene rings is 2. The number of fused-ring (bicyclic) bond motifs is 6. The maximum absolute atomic E-state index is 6.63. The summed E-state index contributed by atoms with van der Waals surface area (Å²) >= 11 is 10.3. The Hall–Kier alpha value is -4.15. The van der Waals surface area contributed by atoms with Crippen molar-refractivity contribution in [3.05, 3.63) is 138 Å². The highest BCUT2D eigenvalue weighted by molar-refractivity contribution is 7.26. The first-order chi connectivity index (χ1) is 19.7. The van der Waals surface area contributed by atoms with Crippen molar-refractivity contribution in [3.63, 3.8) is 0 Å². The normalized spacial score (nSPS) is 11.6. The predicted octanol–water partition coefficient (Wildman–Crippen LogP) is 12.2. The maximum Gasteiger partial charge on any atom is 0.0499 e. The molecule has 40 heavy (non-hydrogen) atoms. The van der Waals surface area contributed by atoms with Crippen molar-refractivity contribution < 1.29 is 0 Å². The SMILES string of the molecule is Clc1cccc2sc3cc(N(c4ccc(-c5ccccc5)cc4)c4ccc5sc6ccccc6c5c4)ccc3c12. The van der Waals surface area contributed by atoms with Gasteiger partial charge in [-0.05, 0) is 71.8 Å². The Kier molecular flexibility index (Phi) is 5.63. The largest absolute Gasteiger partial charge is 0.310 e.